The molecule has 3 aromatic heterocycles. The third-order valence-electron chi connectivity index (χ3n) is 4.59. The van der Waals surface area contributed by atoms with Gasteiger partial charge in [-0.2, -0.15) is 10.2 Å². The third-order valence-corrected chi connectivity index (χ3v) is 4.59. The lowest BCUT2D eigenvalue weighted by Crippen LogP contribution is -2.22. The molecule has 0 aliphatic carbocycles. The molecule has 0 unspecified atom stereocenters. The quantitative estimate of drug-likeness (QED) is 0.664. The normalized spacial score (nSPS) is 16.5. The van der Waals surface area contributed by atoms with Crippen LogP contribution in [0.2, 0.25) is 0 Å². The molecular formula is C18H22N8O2. The average Bonchev–Trinajstić information content (AvgIpc) is 3.37. The summed E-state index contributed by atoms with van der Waals surface area (Å²) in [6, 6.07) is 3.64. The van der Waals surface area contributed by atoms with Crippen molar-refractivity contribution in [2.24, 2.45) is 7.05 Å². The van der Waals surface area contributed by atoms with Crippen LogP contribution in [-0.4, -0.2) is 59.7 Å². The standard InChI is InChI=1S/C18H22N8O2/c1-12-7-16(24(2)23-12)21-17(28)11-26-9-13(8-20-26)18-19-5-3-15(22-18)25-6-4-14(27)10-25/h3,5,7-9,14,27H,4,6,10-11H2,1-2H3,(H,21,28)/t14-/m1/s1. The fourth-order valence-corrected chi connectivity index (χ4v) is 3.24. The summed E-state index contributed by atoms with van der Waals surface area (Å²) in [6.45, 7) is 3.28. The first-order chi connectivity index (χ1) is 13.5. The first-order valence-corrected chi connectivity index (χ1v) is 9.07. The van der Waals surface area contributed by atoms with E-state index < -0.39 is 0 Å². The minimum Gasteiger partial charge on any atom is -0.391 e. The van der Waals surface area contributed by atoms with Gasteiger partial charge in [-0.1, -0.05) is 0 Å². The van der Waals surface area contributed by atoms with E-state index in [4.69, 9.17) is 0 Å². The monoisotopic (exact) mass is 382 g/mol. The van der Waals surface area contributed by atoms with Crippen LogP contribution in [0.15, 0.2) is 30.7 Å². The number of hydrogen-bond acceptors (Lipinski definition) is 7. The van der Waals surface area contributed by atoms with Crippen LogP contribution in [0, 0.1) is 6.92 Å². The summed E-state index contributed by atoms with van der Waals surface area (Å²) >= 11 is 0. The van der Waals surface area contributed by atoms with Crippen LogP contribution in [0.1, 0.15) is 12.1 Å². The lowest BCUT2D eigenvalue weighted by molar-refractivity contribution is -0.116. The van der Waals surface area contributed by atoms with Gasteiger partial charge in [0.2, 0.25) is 5.91 Å². The van der Waals surface area contributed by atoms with Gasteiger partial charge < -0.3 is 15.3 Å². The number of carbonyl (C=O) groups is 1. The van der Waals surface area contributed by atoms with E-state index in [1.165, 1.54) is 0 Å². The van der Waals surface area contributed by atoms with Gasteiger partial charge in [0.15, 0.2) is 5.82 Å². The van der Waals surface area contributed by atoms with Crippen molar-refractivity contribution < 1.29 is 9.90 Å². The Hall–Kier alpha value is -3.27. The Morgan fingerprint density at radius 1 is 1.43 bits per heavy atom. The maximum atomic E-state index is 12.3. The second-order valence-corrected chi connectivity index (χ2v) is 6.90. The fourth-order valence-electron chi connectivity index (χ4n) is 3.24. The molecule has 10 nitrogen and oxygen atoms in total. The molecule has 146 valence electrons. The van der Waals surface area contributed by atoms with Crippen molar-refractivity contribution >= 4 is 17.5 Å². The van der Waals surface area contributed by atoms with Crippen molar-refractivity contribution in [3.8, 4) is 11.4 Å². The Morgan fingerprint density at radius 3 is 3.00 bits per heavy atom. The van der Waals surface area contributed by atoms with E-state index in [2.05, 4.69) is 25.5 Å². The number of aryl methyl sites for hydroxylation is 2. The molecule has 1 aliphatic rings. The topological polar surface area (TPSA) is 114 Å². The molecule has 10 heteroatoms. The number of anilines is 2. The molecule has 0 aromatic carbocycles. The van der Waals surface area contributed by atoms with E-state index in [-0.39, 0.29) is 18.6 Å². The predicted molar refractivity (Wildman–Crippen MR) is 103 cm³/mol. The predicted octanol–water partition coefficient (Wildman–Crippen LogP) is 0.592. The van der Waals surface area contributed by atoms with Crippen molar-refractivity contribution in [2.45, 2.75) is 26.0 Å². The summed E-state index contributed by atoms with van der Waals surface area (Å²) in [5.41, 5.74) is 1.56. The highest BCUT2D eigenvalue weighted by Crippen LogP contribution is 2.21. The second kappa shape index (κ2) is 7.39. The molecule has 1 saturated heterocycles. The molecule has 1 amide bonds. The lowest BCUT2D eigenvalue weighted by atomic mass is 10.3. The number of β-amino-alcohol motifs (C(OH)–C–C–N with tert-alkyl or cyclic N) is 1. The zero-order chi connectivity index (χ0) is 19.7. The number of aromatic nitrogens is 6. The smallest absolute Gasteiger partial charge is 0.247 e. The number of carbonyl (C=O) groups excluding carboxylic acids is 1. The first-order valence-electron chi connectivity index (χ1n) is 9.07. The van der Waals surface area contributed by atoms with Gasteiger partial charge in [0.1, 0.15) is 18.2 Å². The van der Waals surface area contributed by atoms with E-state index in [1.54, 1.807) is 41.1 Å². The largest absolute Gasteiger partial charge is 0.391 e. The van der Waals surface area contributed by atoms with Crippen LogP contribution in [0.5, 0.6) is 0 Å². The molecule has 1 aliphatic heterocycles. The molecule has 0 spiro atoms. The molecule has 0 radical (unpaired) electrons. The van der Waals surface area contributed by atoms with Gasteiger partial charge in [0.05, 0.1) is 23.6 Å². The molecular weight excluding hydrogens is 360 g/mol. The highest BCUT2D eigenvalue weighted by molar-refractivity contribution is 5.89. The maximum Gasteiger partial charge on any atom is 0.247 e. The molecule has 1 atom stereocenters. The van der Waals surface area contributed by atoms with Gasteiger partial charge >= 0.3 is 0 Å². The van der Waals surface area contributed by atoms with E-state index in [0.717, 1.165) is 30.0 Å². The Labute approximate surface area is 161 Å². The fraction of sp³-hybridized carbons (Fsp3) is 0.389. The summed E-state index contributed by atoms with van der Waals surface area (Å²) in [7, 11) is 1.78. The molecule has 0 saturated carbocycles. The van der Waals surface area contributed by atoms with Crippen molar-refractivity contribution in [3.05, 3.63) is 36.4 Å². The number of aliphatic hydroxyl groups is 1. The van der Waals surface area contributed by atoms with Crippen molar-refractivity contribution in [3.63, 3.8) is 0 Å². The van der Waals surface area contributed by atoms with Gasteiger partial charge in [0, 0.05) is 38.6 Å². The Morgan fingerprint density at radius 2 is 2.29 bits per heavy atom. The maximum absolute atomic E-state index is 12.3. The van der Waals surface area contributed by atoms with Crippen LogP contribution in [-0.2, 0) is 18.4 Å². The molecule has 4 rings (SSSR count). The van der Waals surface area contributed by atoms with Crippen LogP contribution in [0.4, 0.5) is 11.6 Å². The number of rotatable bonds is 5. The van der Waals surface area contributed by atoms with Crippen molar-refractivity contribution in [2.75, 3.05) is 23.3 Å². The number of nitrogens with zero attached hydrogens (tertiary/aromatic N) is 7. The number of aliphatic hydroxyl groups excluding tert-OH is 1. The van der Waals surface area contributed by atoms with E-state index >= 15 is 0 Å². The number of hydrogen-bond donors (Lipinski definition) is 2. The van der Waals surface area contributed by atoms with E-state index in [9.17, 15) is 9.90 Å². The molecule has 2 N–H and O–H groups in total. The van der Waals surface area contributed by atoms with Crippen LogP contribution in [0.3, 0.4) is 0 Å². The molecule has 28 heavy (non-hydrogen) atoms. The summed E-state index contributed by atoms with van der Waals surface area (Å²) in [5.74, 6) is 1.75. The van der Waals surface area contributed by atoms with Crippen molar-refractivity contribution in [1.82, 2.24) is 29.5 Å². The minimum atomic E-state index is -0.317. The summed E-state index contributed by atoms with van der Waals surface area (Å²) < 4.78 is 3.17. The molecule has 3 aromatic rings. The lowest BCUT2D eigenvalue weighted by Gasteiger charge is -2.16. The van der Waals surface area contributed by atoms with Crippen LogP contribution in [0.25, 0.3) is 11.4 Å². The Bertz CT molecular complexity index is 995. The van der Waals surface area contributed by atoms with Gasteiger partial charge in [0.25, 0.3) is 0 Å². The average molecular weight is 382 g/mol. The highest BCUT2D eigenvalue weighted by Gasteiger charge is 2.22. The van der Waals surface area contributed by atoms with Crippen molar-refractivity contribution in [1.29, 1.82) is 0 Å². The summed E-state index contributed by atoms with van der Waals surface area (Å²) in [6.07, 6.45) is 5.49. The Kier molecular flexibility index (Phi) is 4.78. The molecule has 4 heterocycles. The van der Waals surface area contributed by atoms with E-state index in [1.807, 2.05) is 17.9 Å². The third kappa shape index (κ3) is 3.86. The molecule has 0 bridgehead atoms. The SMILES string of the molecule is Cc1cc(NC(=O)Cn2cc(-c3nccc(N4CC[C@@H](O)C4)n3)cn2)n(C)n1. The van der Waals surface area contributed by atoms with Gasteiger partial charge in [-0.15, -0.1) is 0 Å². The Balaban J connectivity index is 1.44. The molecule has 1 fully saturated rings. The highest BCUT2D eigenvalue weighted by atomic mass is 16.3. The van der Waals surface area contributed by atoms with E-state index in [0.29, 0.717) is 18.2 Å². The summed E-state index contributed by atoms with van der Waals surface area (Å²) in [5, 5.41) is 21.0. The second-order valence-electron chi connectivity index (χ2n) is 6.90. The number of nitrogens with one attached hydrogen (secondary N) is 1. The summed E-state index contributed by atoms with van der Waals surface area (Å²) in [4.78, 5) is 23.2. The number of amides is 1. The zero-order valence-electron chi connectivity index (χ0n) is 15.8. The van der Waals surface area contributed by atoms with Gasteiger partial charge in [-0.3, -0.25) is 14.2 Å². The van der Waals surface area contributed by atoms with Crippen LogP contribution < -0.4 is 10.2 Å². The minimum absolute atomic E-state index is 0.0717. The van der Waals surface area contributed by atoms with Gasteiger partial charge in [-0.05, 0) is 19.4 Å². The van der Waals surface area contributed by atoms with Crippen LogP contribution >= 0.6 is 0 Å². The van der Waals surface area contributed by atoms with Gasteiger partial charge in [-0.25, -0.2) is 9.97 Å². The first kappa shape index (κ1) is 18.1. The zero-order valence-corrected chi connectivity index (χ0v) is 15.8.